The second kappa shape index (κ2) is 8.53. The Labute approximate surface area is 144 Å². The number of aryl methyl sites for hydroxylation is 2. The number of carboxylic acid groups (broad SMARTS) is 1. The van der Waals surface area contributed by atoms with E-state index in [1.807, 2.05) is 56.3 Å². The zero-order valence-electron chi connectivity index (χ0n) is 14.7. The van der Waals surface area contributed by atoms with Crippen molar-refractivity contribution < 1.29 is 14.6 Å². The first-order chi connectivity index (χ1) is 11.5. The summed E-state index contributed by atoms with van der Waals surface area (Å²) in [6.07, 6.45) is 2.57. The molecule has 0 saturated carbocycles. The Balaban J connectivity index is 2.20. The van der Waals surface area contributed by atoms with Crippen LogP contribution in [0.3, 0.4) is 0 Å². The molecule has 0 heterocycles. The molecular formula is C21H26O3. The van der Waals surface area contributed by atoms with E-state index in [4.69, 9.17) is 4.74 Å². The van der Waals surface area contributed by atoms with Crippen molar-refractivity contribution >= 4 is 5.97 Å². The summed E-state index contributed by atoms with van der Waals surface area (Å²) in [6, 6.07) is 13.8. The van der Waals surface area contributed by atoms with Crippen LogP contribution in [0.1, 0.15) is 47.9 Å². The Morgan fingerprint density at radius 3 is 2.67 bits per heavy atom. The third-order valence-corrected chi connectivity index (χ3v) is 4.21. The molecule has 0 amide bonds. The molecule has 0 aliphatic rings. The van der Waals surface area contributed by atoms with Gasteiger partial charge in [-0.15, -0.1) is 0 Å². The smallest absolute Gasteiger partial charge is 0.311 e. The Kier molecular flexibility index (Phi) is 6.42. The minimum Gasteiger partial charge on any atom is -0.494 e. The summed E-state index contributed by atoms with van der Waals surface area (Å²) in [4.78, 5) is 11.8. The quantitative estimate of drug-likeness (QED) is 0.702. The fourth-order valence-electron chi connectivity index (χ4n) is 2.80. The Morgan fingerprint density at radius 1 is 1.17 bits per heavy atom. The Hall–Kier alpha value is -2.29. The average Bonchev–Trinajstić information content (AvgIpc) is 2.55. The van der Waals surface area contributed by atoms with Crippen LogP contribution in [0.15, 0.2) is 42.5 Å². The van der Waals surface area contributed by atoms with Gasteiger partial charge in [0.2, 0.25) is 0 Å². The lowest BCUT2D eigenvalue weighted by molar-refractivity contribution is -0.138. The molecule has 3 heteroatoms. The predicted molar refractivity (Wildman–Crippen MR) is 96.8 cm³/mol. The van der Waals surface area contributed by atoms with Crippen molar-refractivity contribution in [1.29, 1.82) is 0 Å². The van der Waals surface area contributed by atoms with Crippen LogP contribution in [0.4, 0.5) is 0 Å². The van der Waals surface area contributed by atoms with E-state index in [9.17, 15) is 9.90 Å². The van der Waals surface area contributed by atoms with Crippen LogP contribution >= 0.6 is 0 Å². The number of carbonyl (C=O) groups is 1. The summed E-state index contributed by atoms with van der Waals surface area (Å²) in [7, 11) is 0. The predicted octanol–water partition coefficient (Wildman–Crippen LogP) is 4.89. The van der Waals surface area contributed by atoms with Crippen molar-refractivity contribution in [3.8, 4) is 5.75 Å². The summed E-state index contributed by atoms with van der Waals surface area (Å²) >= 11 is 0. The van der Waals surface area contributed by atoms with Crippen molar-refractivity contribution in [2.24, 2.45) is 0 Å². The molecule has 0 radical (unpaired) electrons. The van der Waals surface area contributed by atoms with Crippen molar-refractivity contribution in [2.75, 3.05) is 6.61 Å². The second-order valence-corrected chi connectivity index (χ2v) is 6.30. The first-order valence-electron chi connectivity index (χ1n) is 8.53. The van der Waals surface area contributed by atoms with Crippen molar-refractivity contribution in [3.05, 3.63) is 64.7 Å². The third kappa shape index (κ3) is 4.85. The molecule has 3 nitrogen and oxygen atoms in total. The van der Waals surface area contributed by atoms with Gasteiger partial charge in [-0.05, 0) is 55.5 Å². The molecule has 0 aliphatic carbocycles. The van der Waals surface area contributed by atoms with Crippen LogP contribution in [0.25, 0.3) is 0 Å². The lowest BCUT2D eigenvalue weighted by Gasteiger charge is -2.17. The van der Waals surface area contributed by atoms with Gasteiger partial charge >= 0.3 is 5.97 Å². The zero-order chi connectivity index (χ0) is 17.5. The largest absolute Gasteiger partial charge is 0.494 e. The van der Waals surface area contributed by atoms with Crippen molar-refractivity contribution in [1.82, 2.24) is 0 Å². The second-order valence-electron chi connectivity index (χ2n) is 6.30. The maximum Gasteiger partial charge on any atom is 0.311 e. The number of hydrogen-bond donors (Lipinski definition) is 1. The van der Waals surface area contributed by atoms with Gasteiger partial charge in [0.15, 0.2) is 0 Å². The number of rotatable bonds is 8. The fourth-order valence-corrected chi connectivity index (χ4v) is 2.80. The number of unbranched alkanes of at least 4 members (excludes halogenated alkanes) is 1. The Bertz CT molecular complexity index is 691. The molecule has 2 rings (SSSR count). The summed E-state index contributed by atoms with van der Waals surface area (Å²) < 4.78 is 5.73. The first-order valence-corrected chi connectivity index (χ1v) is 8.53. The van der Waals surface area contributed by atoms with E-state index in [1.165, 1.54) is 0 Å². The van der Waals surface area contributed by atoms with Gasteiger partial charge in [0.1, 0.15) is 5.75 Å². The highest BCUT2D eigenvalue weighted by molar-refractivity contribution is 5.77. The van der Waals surface area contributed by atoms with Gasteiger partial charge in [0, 0.05) is 0 Å². The molecule has 24 heavy (non-hydrogen) atoms. The van der Waals surface area contributed by atoms with E-state index < -0.39 is 11.9 Å². The van der Waals surface area contributed by atoms with Crippen LogP contribution in [0, 0.1) is 13.8 Å². The molecular weight excluding hydrogens is 300 g/mol. The molecule has 128 valence electrons. The molecule has 0 spiro atoms. The number of carboxylic acids is 1. The number of ether oxygens (including phenoxy) is 1. The first kappa shape index (κ1) is 18.1. The molecule has 1 atom stereocenters. The average molecular weight is 326 g/mol. The molecule has 2 aromatic carbocycles. The van der Waals surface area contributed by atoms with E-state index in [0.717, 1.165) is 40.8 Å². The lowest BCUT2D eigenvalue weighted by atomic mass is 9.88. The third-order valence-electron chi connectivity index (χ3n) is 4.21. The minimum absolute atomic E-state index is 0.463. The normalized spacial score (nSPS) is 12.0. The standard InChI is InChI=1S/C21H26O3/c1-4-5-11-24-18-8-6-7-17(13-18)14-20(21(22)23)19-12-15(2)9-10-16(19)3/h6-10,12-13,20H,4-5,11,14H2,1-3H3,(H,22,23). The van der Waals surface area contributed by atoms with Gasteiger partial charge in [-0.1, -0.05) is 49.2 Å². The van der Waals surface area contributed by atoms with Gasteiger partial charge in [0.25, 0.3) is 0 Å². The highest BCUT2D eigenvalue weighted by Gasteiger charge is 2.22. The molecule has 0 bridgehead atoms. The fraction of sp³-hybridized carbons (Fsp3) is 0.381. The molecule has 2 aromatic rings. The van der Waals surface area contributed by atoms with E-state index in [2.05, 4.69) is 6.92 Å². The molecule has 0 saturated heterocycles. The summed E-state index contributed by atoms with van der Waals surface area (Å²) in [6.45, 7) is 6.78. The highest BCUT2D eigenvalue weighted by atomic mass is 16.5. The highest BCUT2D eigenvalue weighted by Crippen LogP contribution is 2.27. The topological polar surface area (TPSA) is 46.5 Å². The maximum absolute atomic E-state index is 11.8. The summed E-state index contributed by atoms with van der Waals surface area (Å²) in [5, 5.41) is 9.71. The van der Waals surface area contributed by atoms with Gasteiger partial charge in [-0.2, -0.15) is 0 Å². The van der Waals surface area contributed by atoms with Gasteiger partial charge in [0.05, 0.1) is 12.5 Å². The Morgan fingerprint density at radius 2 is 1.96 bits per heavy atom. The van der Waals surface area contributed by atoms with Crippen LogP contribution in [-0.2, 0) is 11.2 Å². The van der Waals surface area contributed by atoms with Crippen LogP contribution < -0.4 is 4.74 Å². The molecule has 0 aliphatic heterocycles. The van der Waals surface area contributed by atoms with Crippen LogP contribution in [-0.4, -0.2) is 17.7 Å². The van der Waals surface area contributed by atoms with E-state index in [0.29, 0.717) is 13.0 Å². The molecule has 0 fully saturated rings. The van der Waals surface area contributed by atoms with E-state index in [1.54, 1.807) is 0 Å². The van der Waals surface area contributed by atoms with Gasteiger partial charge in [-0.25, -0.2) is 0 Å². The summed E-state index contributed by atoms with van der Waals surface area (Å²) in [5.41, 5.74) is 3.97. The minimum atomic E-state index is -0.791. The number of aliphatic carboxylic acids is 1. The zero-order valence-corrected chi connectivity index (χ0v) is 14.7. The monoisotopic (exact) mass is 326 g/mol. The molecule has 0 aromatic heterocycles. The lowest BCUT2D eigenvalue weighted by Crippen LogP contribution is -2.16. The van der Waals surface area contributed by atoms with Crippen molar-refractivity contribution in [2.45, 2.75) is 46.0 Å². The molecule has 1 N–H and O–H groups in total. The van der Waals surface area contributed by atoms with Gasteiger partial charge in [-0.3, -0.25) is 4.79 Å². The maximum atomic E-state index is 11.8. The van der Waals surface area contributed by atoms with E-state index in [-0.39, 0.29) is 0 Å². The van der Waals surface area contributed by atoms with E-state index >= 15 is 0 Å². The van der Waals surface area contributed by atoms with Crippen LogP contribution in [0.2, 0.25) is 0 Å². The summed E-state index contributed by atoms with van der Waals surface area (Å²) in [5.74, 6) is -0.525. The SMILES string of the molecule is CCCCOc1cccc(CC(C(=O)O)c2cc(C)ccc2C)c1. The van der Waals surface area contributed by atoms with Crippen LogP contribution in [0.5, 0.6) is 5.75 Å². The van der Waals surface area contributed by atoms with Gasteiger partial charge < -0.3 is 9.84 Å². The number of benzene rings is 2. The molecule has 1 unspecified atom stereocenters. The number of hydrogen-bond acceptors (Lipinski definition) is 2. The van der Waals surface area contributed by atoms with Crippen molar-refractivity contribution in [3.63, 3.8) is 0 Å².